The molecule has 0 atom stereocenters. The van der Waals surface area contributed by atoms with E-state index in [-0.39, 0.29) is 3.03 Å². The van der Waals surface area contributed by atoms with Crippen LogP contribution in [0, 0.1) is 20.8 Å². The Morgan fingerprint density at radius 2 is 1.57 bits per heavy atom. The Hall–Kier alpha value is -0.540. The van der Waals surface area contributed by atoms with Crippen LogP contribution in [0.1, 0.15) is 27.0 Å². The number of hydrogen-bond donors (Lipinski definition) is 2. The first kappa shape index (κ1) is 18.5. The summed E-state index contributed by atoms with van der Waals surface area (Å²) in [4.78, 5) is 26.1. The molecule has 5 heteroatoms. The van der Waals surface area contributed by atoms with E-state index in [0.717, 1.165) is 16.7 Å². The van der Waals surface area contributed by atoms with Crippen molar-refractivity contribution in [2.45, 2.75) is 20.8 Å². The Morgan fingerprint density at radius 3 is 2.05 bits per heavy atom. The van der Waals surface area contributed by atoms with Gasteiger partial charge in [-0.05, 0) is 0 Å². The van der Waals surface area contributed by atoms with E-state index in [2.05, 4.69) is 32.0 Å². The summed E-state index contributed by atoms with van der Waals surface area (Å²) in [5.41, 5.74) is 6.79. The van der Waals surface area contributed by atoms with Crippen LogP contribution in [0.5, 0.6) is 0 Å². The molecular formula is C16H18NaO3P. The summed E-state index contributed by atoms with van der Waals surface area (Å²) in [5, 5.41) is 0. The van der Waals surface area contributed by atoms with Gasteiger partial charge in [-0.2, -0.15) is 0 Å². The largest absolute Gasteiger partial charge is 0.352 e. The quantitative estimate of drug-likeness (QED) is 0.662. The first-order chi connectivity index (χ1) is 9.93. The first-order valence-corrected chi connectivity index (χ1v) is 8.53. The summed E-state index contributed by atoms with van der Waals surface area (Å²) in [6.07, 6.45) is 0. The second kappa shape index (κ2) is 8.79. The van der Waals surface area contributed by atoms with Crippen molar-refractivity contribution in [3.8, 4) is 11.1 Å². The van der Waals surface area contributed by atoms with E-state index < -0.39 is 9.03 Å². The summed E-state index contributed by atoms with van der Waals surface area (Å²) in [5.74, 6) is 0. The van der Waals surface area contributed by atoms with Crippen molar-refractivity contribution in [1.82, 2.24) is 0 Å². The Kier molecular flexibility index (Phi) is 7.75. The van der Waals surface area contributed by atoms with Crippen molar-refractivity contribution in [1.29, 1.82) is 0 Å². The minimum atomic E-state index is -0.917. The third-order valence-electron chi connectivity index (χ3n) is 3.39. The molecule has 2 rings (SSSR count). The fourth-order valence-corrected chi connectivity index (χ4v) is 3.55. The predicted molar refractivity (Wildman–Crippen MR) is 88.9 cm³/mol. The van der Waals surface area contributed by atoms with Crippen LogP contribution in [0.2, 0.25) is 0 Å². The van der Waals surface area contributed by atoms with E-state index in [1.165, 1.54) is 16.7 Å². The van der Waals surface area contributed by atoms with Crippen molar-refractivity contribution < 1.29 is 14.6 Å². The molecule has 0 amide bonds. The van der Waals surface area contributed by atoms with Crippen LogP contribution in [-0.4, -0.2) is 40.8 Å². The zero-order chi connectivity index (χ0) is 16.0. The van der Waals surface area contributed by atoms with E-state index in [1.807, 2.05) is 25.1 Å². The Bertz CT molecular complexity index is 627. The van der Waals surface area contributed by atoms with Gasteiger partial charge >= 0.3 is 126 Å². The van der Waals surface area contributed by atoms with E-state index in [9.17, 15) is 4.79 Å². The maximum Gasteiger partial charge on any atom is 0.149 e. The van der Waals surface area contributed by atoms with E-state index >= 15 is 0 Å². The third-order valence-corrected chi connectivity index (χ3v) is 3.89. The number of hydrogen-bond acceptors (Lipinski definition) is 3. The average molecular weight is 312 g/mol. The van der Waals surface area contributed by atoms with Crippen molar-refractivity contribution in [2.24, 2.45) is 0 Å². The summed E-state index contributed by atoms with van der Waals surface area (Å²) in [6.45, 7) is 6.21. The topological polar surface area (TPSA) is 57.5 Å². The molecule has 0 spiro atoms. The van der Waals surface area contributed by atoms with Crippen LogP contribution in [-0.2, 0) is 0 Å². The number of carbonyl (C=O) groups is 1. The molecule has 0 radical (unpaired) electrons. The van der Waals surface area contributed by atoms with Gasteiger partial charge in [0.05, 0.1) is 0 Å². The monoisotopic (exact) mass is 312 g/mol. The average Bonchev–Trinajstić information content (AvgIpc) is 2.39. The van der Waals surface area contributed by atoms with Crippen LogP contribution >= 0.6 is 9.03 Å². The zero-order valence-corrected chi connectivity index (χ0v) is 15.8. The molecule has 0 aromatic heterocycles. The molecule has 0 unspecified atom stereocenters. The number of carbonyl (C=O) groups excluding carboxylic acids is 1. The van der Waals surface area contributed by atoms with Gasteiger partial charge in [0.15, 0.2) is 0 Å². The summed E-state index contributed by atoms with van der Waals surface area (Å²) in [6, 6.07) is 12.4. The molecule has 0 heterocycles. The molecule has 2 aromatic rings. The molecule has 106 valence electrons. The molecule has 0 saturated heterocycles. The third kappa shape index (κ3) is 4.72. The molecule has 0 bridgehead atoms. The van der Waals surface area contributed by atoms with E-state index in [4.69, 9.17) is 9.79 Å². The Balaban J connectivity index is 0.000000677. The Morgan fingerprint density at radius 1 is 1.05 bits per heavy atom. The van der Waals surface area contributed by atoms with Crippen molar-refractivity contribution >= 4 is 40.0 Å². The first-order valence-electron chi connectivity index (χ1n) is 6.64. The van der Waals surface area contributed by atoms with Crippen molar-refractivity contribution in [3.05, 3.63) is 58.7 Å². The van der Waals surface area contributed by atoms with Crippen LogP contribution < -0.4 is 0 Å². The molecule has 2 aromatic carbocycles. The molecule has 21 heavy (non-hydrogen) atoms. The van der Waals surface area contributed by atoms with E-state index in [0.29, 0.717) is 27.9 Å². The molecule has 0 fully saturated rings. The predicted octanol–water partition coefficient (Wildman–Crippen LogP) is 3.07. The smallest absolute Gasteiger partial charge is 0.149 e. The van der Waals surface area contributed by atoms with Gasteiger partial charge in [0.25, 0.3) is 0 Å². The van der Waals surface area contributed by atoms with Gasteiger partial charge in [-0.25, -0.2) is 0 Å². The van der Waals surface area contributed by atoms with Crippen LogP contribution in [0.15, 0.2) is 36.4 Å². The van der Waals surface area contributed by atoms with Gasteiger partial charge < -0.3 is 9.79 Å². The van der Waals surface area contributed by atoms with Gasteiger partial charge in [-0.15, -0.1) is 0 Å². The van der Waals surface area contributed by atoms with Crippen LogP contribution in [0.3, 0.4) is 0 Å². The maximum absolute atomic E-state index is 11.8. The van der Waals surface area contributed by atoms with Crippen molar-refractivity contribution in [3.63, 3.8) is 0 Å². The summed E-state index contributed by atoms with van der Waals surface area (Å²) >= 11 is 0.573. The minimum absolute atomic E-state index is 0.280. The number of benzene rings is 2. The molecule has 3 nitrogen and oxygen atoms in total. The second-order valence-corrected chi connectivity index (χ2v) is 6.02. The molecule has 0 saturated carbocycles. The standard InChI is InChI=1S/C16H15O.Na.H3O2P/c1-11-9-12(2)16(13(3)15(11)10-17)14-7-5-4-6-8-14;;1-3-2/h4-9H,1-3H3;;1-3H. The van der Waals surface area contributed by atoms with Gasteiger partial charge in [-0.1, -0.05) is 0 Å². The van der Waals surface area contributed by atoms with Crippen molar-refractivity contribution in [2.75, 3.05) is 0 Å². The molecule has 0 aliphatic heterocycles. The van der Waals surface area contributed by atoms with Crippen LogP contribution in [0.4, 0.5) is 0 Å². The van der Waals surface area contributed by atoms with Gasteiger partial charge in [-0.3, -0.25) is 0 Å². The normalized spacial score (nSPS) is 9.86. The fourth-order valence-electron chi connectivity index (χ4n) is 2.78. The summed E-state index contributed by atoms with van der Waals surface area (Å²) < 4.78 is 0.280. The maximum atomic E-state index is 11.8. The Labute approximate surface area is 144 Å². The van der Waals surface area contributed by atoms with Gasteiger partial charge in [0, 0.05) is 0 Å². The minimum Gasteiger partial charge on any atom is -0.352 e. The molecule has 0 aliphatic rings. The van der Waals surface area contributed by atoms with Crippen LogP contribution in [0.25, 0.3) is 11.1 Å². The fraction of sp³-hybridized carbons (Fsp3) is 0.188. The van der Waals surface area contributed by atoms with Gasteiger partial charge in [0.1, 0.15) is 9.03 Å². The SMILES string of the molecule is Cc1cc(C)c(-c2ccccc2)c(C)c1[C](=O)[Na].OPO. The van der Waals surface area contributed by atoms with Gasteiger partial charge in [0.2, 0.25) is 0 Å². The zero-order valence-electron chi connectivity index (χ0n) is 12.8. The molecular weight excluding hydrogens is 294 g/mol. The van der Waals surface area contributed by atoms with E-state index in [1.54, 1.807) is 0 Å². The number of aryl methyl sites for hydroxylation is 2. The number of rotatable bonds is 2. The molecule has 0 aliphatic carbocycles. The second-order valence-electron chi connectivity index (χ2n) is 4.91. The molecule has 2 N–H and O–H groups in total. The summed E-state index contributed by atoms with van der Waals surface area (Å²) in [7, 11) is -0.917.